The number of halogens is 1. The summed E-state index contributed by atoms with van der Waals surface area (Å²) in [5.41, 5.74) is 0. The van der Waals surface area contributed by atoms with Gasteiger partial charge in [-0.3, -0.25) is 0 Å². The molecule has 0 bridgehead atoms. The third-order valence-corrected chi connectivity index (χ3v) is 3.34. The molecule has 1 aromatic rings. The zero-order valence-corrected chi connectivity index (χ0v) is 11.3. The van der Waals surface area contributed by atoms with Crippen molar-refractivity contribution >= 4 is 23.5 Å². The van der Waals surface area contributed by atoms with E-state index in [1.165, 1.54) is 25.7 Å². The molecule has 0 radical (unpaired) electrons. The molecule has 0 unspecified atom stereocenters. The fourth-order valence-corrected chi connectivity index (χ4v) is 2.29. The molecule has 0 N–H and O–H groups in total. The van der Waals surface area contributed by atoms with Crippen molar-refractivity contribution < 1.29 is 0 Å². The predicted molar refractivity (Wildman–Crippen MR) is 69.8 cm³/mol. The molecule has 0 saturated heterocycles. The highest BCUT2D eigenvalue weighted by molar-refractivity contribution is 6.28. The minimum absolute atomic E-state index is 0.253. The van der Waals surface area contributed by atoms with E-state index in [9.17, 15) is 0 Å². The second-order valence-corrected chi connectivity index (χ2v) is 4.99. The van der Waals surface area contributed by atoms with Crippen molar-refractivity contribution in [1.29, 1.82) is 0 Å². The summed E-state index contributed by atoms with van der Waals surface area (Å²) in [6.07, 6.45) is 4.98. The maximum Gasteiger partial charge on any atom is 0.231 e. The number of anilines is 2. The van der Waals surface area contributed by atoms with Gasteiger partial charge in [0.15, 0.2) is 0 Å². The van der Waals surface area contributed by atoms with Crippen molar-refractivity contribution in [1.82, 2.24) is 15.0 Å². The van der Waals surface area contributed by atoms with Crippen LogP contribution >= 0.6 is 11.6 Å². The van der Waals surface area contributed by atoms with E-state index < -0.39 is 0 Å². The van der Waals surface area contributed by atoms with E-state index >= 15 is 0 Å². The molecule has 2 rings (SSSR count). The van der Waals surface area contributed by atoms with Gasteiger partial charge in [0.05, 0.1) is 0 Å². The lowest BCUT2D eigenvalue weighted by atomic mass is 10.2. The standard InChI is InChI=1S/C11H18ClN5/c1-16(2)10-13-9(12)14-11(15-10)17(3)8-6-4-5-7-8/h8H,4-7H2,1-3H3. The summed E-state index contributed by atoms with van der Waals surface area (Å²) in [5, 5.41) is 0.253. The second-order valence-electron chi connectivity index (χ2n) is 4.65. The van der Waals surface area contributed by atoms with Gasteiger partial charge < -0.3 is 9.80 Å². The van der Waals surface area contributed by atoms with Crippen LogP contribution in [-0.2, 0) is 0 Å². The van der Waals surface area contributed by atoms with Crippen molar-refractivity contribution in [3.05, 3.63) is 5.28 Å². The van der Waals surface area contributed by atoms with Crippen LogP contribution in [0.2, 0.25) is 5.28 Å². The van der Waals surface area contributed by atoms with Crippen molar-refractivity contribution in [2.45, 2.75) is 31.7 Å². The summed E-state index contributed by atoms with van der Waals surface area (Å²) in [6, 6.07) is 0.531. The average molecular weight is 256 g/mol. The zero-order chi connectivity index (χ0) is 12.4. The molecule has 1 heterocycles. The van der Waals surface area contributed by atoms with Gasteiger partial charge in [0.1, 0.15) is 0 Å². The SMILES string of the molecule is CN(C)c1nc(Cl)nc(N(C)C2CCCC2)n1. The Balaban J connectivity index is 2.24. The van der Waals surface area contributed by atoms with Gasteiger partial charge in [-0.05, 0) is 24.4 Å². The average Bonchev–Trinajstić information content (AvgIpc) is 2.80. The van der Waals surface area contributed by atoms with Crippen LogP contribution in [0, 0.1) is 0 Å². The highest BCUT2D eigenvalue weighted by Gasteiger charge is 2.22. The topological polar surface area (TPSA) is 45.2 Å². The van der Waals surface area contributed by atoms with E-state index in [2.05, 4.69) is 19.9 Å². The van der Waals surface area contributed by atoms with E-state index in [1.54, 1.807) is 0 Å². The molecule has 5 nitrogen and oxygen atoms in total. The Kier molecular flexibility index (Phi) is 3.66. The Morgan fingerprint density at radius 2 is 1.59 bits per heavy atom. The molecule has 1 aliphatic rings. The quantitative estimate of drug-likeness (QED) is 0.826. The largest absolute Gasteiger partial charge is 0.347 e. The van der Waals surface area contributed by atoms with Gasteiger partial charge in [0.25, 0.3) is 0 Å². The van der Waals surface area contributed by atoms with Gasteiger partial charge in [0, 0.05) is 27.2 Å². The molecule has 0 spiro atoms. The van der Waals surface area contributed by atoms with E-state index in [0.717, 1.165) is 0 Å². The third kappa shape index (κ3) is 2.77. The molecule has 1 aliphatic carbocycles. The van der Waals surface area contributed by atoms with E-state index in [0.29, 0.717) is 17.9 Å². The van der Waals surface area contributed by atoms with Crippen LogP contribution in [0.15, 0.2) is 0 Å². The Morgan fingerprint density at radius 3 is 2.18 bits per heavy atom. The monoisotopic (exact) mass is 255 g/mol. The molecule has 17 heavy (non-hydrogen) atoms. The molecule has 1 aromatic heterocycles. The molecule has 0 aromatic carbocycles. The van der Waals surface area contributed by atoms with Crippen molar-refractivity contribution in [3.63, 3.8) is 0 Å². The first-order valence-electron chi connectivity index (χ1n) is 5.89. The summed E-state index contributed by atoms with van der Waals surface area (Å²) >= 11 is 5.93. The van der Waals surface area contributed by atoms with Gasteiger partial charge in [-0.25, -0.2) is 0 Å². The molecular weight excluding hydrogens is 238 g/mol. The number of hydrogen-bond donors (Lipinski definition) is 0. The van der Waals surface area contributed by atoms with Crippen LogP contribution in [0.4, 0.5) is 11.9 Å². The summed E-state index contributed by atoms with van der Waals surface area (Å²) in [4.78, 5) is 16.7. The minimum atomic E-state index is 0.253. The maximum atomic E-state index is 5.93. The Labute approximate surface area is 107 Å². The zero-order valence-electron chi connectivity index (χ0n) is 10.5. The first-order valence-corrected chi connectivity index (χ1v) is 6.27. The minimum Gasteiger partial charge on any atom is -0.347 e. The second kappa shape index (κ2) is 5.04. The molecule has 0 aliphatic heterocycles. The fourth-order valence-electron chi connectivity index (χ4n) is 2.14. The molecule has 94 valence electrons. The molecule has 0 amide bonds. The summed E-state index contributed by atoms with van der Waals surface area (Å²) in [7, 11) is 5.82. The highest BCUT2D eigenvalue weighted by atomic mass is 35.5. The van der Waals surface area contributed by atoms with E-state index in [-0.39, 0.29) is 5.28 Å². The number of hydrogen-bond acceptors (Lipinski definition) is 5. The summed E-state index contributed by atoms with van der Waals surface area (Å²) in [5.74, 6) is 1.27. The predicted octanol–water partition coefficient (Wildman–Crippen LogP) is 1.97. The molecule has 1 fully saturated rings. The molecular formula is C11H18ClN5. The molecule has 0 atom stereocenters. The number of rotatable bonds is 3. The van der Waals surface area contributed by atoms with Crippen LogP contribution < -0.4 is 9.80 Å². The van der Waals surface area contributed by atoms with Crippen LogP contribution in [0.5, 0.6) is 0 Å². The first kappa shape index (κ1) is 12.4. The first-order chi connectivity index (χ1) is 8.08. The van der Waals surface area contributed by atoms with Crippen LogP contribution in [0.3, 0.4) is 0 Å². The summed E-state index contributed by atoms with van der Waals surface area (Å²) < 4.78 is 0. The molecule has 1 saturated carbocycles. The van der Waals surface area contributed by atoms with E-state index in [4.69, 9.17) is 11.6 Å². The fraction of sp³-hybridized carbons (Fsp3) is 0.727. The van der Waals surface area contributed by atoms with Gasteiger partial charge in [0.2, 0.25) is 17.2 Å². The lowest BCUT2D eigenvalue weighted by Crippen LogP contribution is -2.31. The lowest BCUT2D eigenvalue weighted by Gasteiger charge is -2.24. The smallest absolute Gasteiger partial charge is 0.231 e. The number of nitrogens with zero attached hydrogens (tertiary/aromatic N) is 5. The van der Waals surface area contributed by atoms with Crippen LogP contribution in [-0.4, -0.2) is 42.1 Å². The van der Waals surface area contributed by atoms with Gasteiger partial charge in [-0.1, -0.05) is 12.8 Å². The molecule has 6 heteroatoms. The van der Waals surface area contributed by atoms with Crippen LogP contribution in [0.1, 0.15) is 25.7 Å². The van der Waals surface area contributed by atoms with Gasteiger partial charge in [-0.2, -0.15) is 15.0 Å². The lowest BCUT2D eigenvalue weighted by molar-refractivity contribution is 0.636. The van der Waals surface area contributed by atoms with Crippen molar-refractivity contribution in [2.75, 3.05) is 30.9 Å². The highest BCUT2D eigenvalue weighted by Crippen LogP contribution is 2.26. The Hall–Kier alpha value is -1.10. The van der Waals surface area contributed by atoms with Gasteiger partial charge >= 0.3 is 0 Å². The number of aromatic nitrogens is 3. The van der Waals surface area contributed by atoms with Crippen molar-refractivity contribution in [3.8, 4) is 0 Å². The normalized spacial score (nSPS) is 16.2. The Bertz CT molecular complexity index is 389. The van der Waals surface area contributed by atoms with E-state index in [1.807, 2.05) is 26.0 Å². The van der Waals surface area contributed by atoms with Gasteiger partial charge in [-0.15, -0.1) is 0 Å². The maximum absolute atomic E-state index is 5.93. The third-order valence-electron chi connectivity index (χ3n) is 3.17. The Morgan fingerprint density at radius 1 is 1.00 bits per heavy atom. The van der Waals surface area contributed by atoms with Crippen molar-refractivity contribution in [2.24, 2.45) is 0 Å². The van der Waals surface area contributed by atoms with Crippen LogP contribution in [0.25, 0.3) is 0 Å². The summed E-state index contributed by atoms with van der Waals surface area (Å²) in [6.45, 7) is 0.